The molecule has 1 aromatic carbocycles. The van der Waals surface area contributed by atoms with E-state index in [1.165, 1.54) is 6.07 Å². The molecule has 28 heavy (non-hydrogen) atoms. The number of halogens is 8. The lowest BCUT2D eigenvalue weighted by atomic mass is 10.2. The summed E-state index contributed by atoms with van der Waals surface area (Å²) in [5, 5.41) is 12.9. The third-order valence-corrected chi connectivity index (χ3v) is 4.85. The Labute approximate surface area is 164 Å². The predicted molar refractivity (Wildman–Crippen MR) is 85.5 cm³/mol. The van der Waals surface area contributed by atoms with Crippen LogP contribution < -0.4 is 5.32 Å². The number of benzene rings is 1. The van der Waals surface area contributed by atoms with Crippen molar-refractivity contribution in [1.82, 2.24) is 9.78 Å². The number of carbonyl (C=O) groups excluding carboxylic acids is 1. The number of hydrogen-bond acceptors (Lipinski definition) is 4. The van der Waals surface area contributed by atoms with Crippen molar-refractivity contribution < 1.29 is 35.3 Å². The zero-order valence-corrected chi connectivity index (χ0v) is 15.2. The molecule has 0 aliphatic heterocycles. The van der Waals surface area contributed by atoms with Gasteiger partial charge in [0.25, 0.3) is 0 Å². The molecule has 0 fully saturated rings. The summed E-state index contributed by atoms with van der Waals surface area (Å²) in [6, 6.07) is 2.10. The van der Waals surface area contributed by atoms with Crippen LogP contribution in [0.25, 0.3) is 5.69 Å². The summed E-state index contributed by atoms with van der Waals surface area (Å²) in [5.41, 5.74) is -8.16. The molecule has 1 heterocycles. The van der Waals surface area contributed by atoms with Gasteiger partial charge in [-0.1, -0.05) is 23.2 Å². The van der Waals surface area contributed by atoms with Gasteiger partial charge in [0.15, 0.2) is 22.3 Å². The zero-order valence-electron chi connectivity index (χ0n) is 12.8. The molecule has 2 aromatic rings. The van der Waals surface area contributed by atoms with Crippen molar-refractivity contribution in [2.24, 2.45) is 0 Å². The number of anilines is 1. The van der Waals surface area contributed by atoms with Crippen molar-refractivity contribution in [3.05, 3.63) is 33.4 Å². The van der Waals surface area contributed by atoms with Gasteiger partial charge in [-0.3, -0.25) is 4.79 Å². The molecule has 1 N–H and O–H groups in total. The summed E-state index contributed by atoms with van der Waals surface area (Å²) < 4.78 is 89.3. The van der Waals surface area contributed by atoms with Gasteiger partial charge in [0.05, 0.1) is 15.6 Å². The first-order chi connectivity index (χ1) is 12.8. The van der Waals surface area contributed by atoms with E-state index in [4.69, 9.17) is 28.5 Å². The fraction of sp³-hybridized carbons (Fsp3) is 0.154. The number of nitrogens with zero attached hydrogens (tertiary/aromatic N) is 3. The lowest BCUT2D eigenvalue weighted by Gasteiger charge is -2.14. The van der Waals surface area contributed by atoms with Crippen molar-refractivity contribution in [2.75, 3.05) is 5.32 Å². The van der Waals surface area contributed by atoms with E-state index < -0.39 is 60.2 Å². The van der Waals surface area contributed by atoms with Crippen LogP contribution in [0.2, 0.25) is 10.0 Å². The van der Waals surface area contributed by atoms with E-state index in [2.05, 4.69) is 5.10 Å². The molecule has 0 saturated carbocycles. The number of nitrogens with one attached hydrogen (secondary N) is 1. The average molecular weight is 465 g/mol. The maximum atomic E-state index is 12.9. The summed E-state index contributed by atoms with van der Waals surface area (Å²) in [5.74, 6) is -0.897. The van der Waals surface area contributed by atoms with E-state index in [9.17, 15) is 35.3 Å². The molecule has 1 atom stereocenters. The average Bonchev–Trinajstić information content (AvgIpc) is 2.90. The molecular formula is C13H4Cl2F6N4O2S. The fourth-order valence-corrected chi connectivity index (χ4v) is 3.51. The molecule has 0 aliphatic carbocycles. The Morgan fingerprint density at radius 2 is 1.71 bits per heavy atom. The minimum Gasteiger partial charge on any atom is -0.312 e. The van der Waals surface area contributed by atoms with Crippen LogP contribution in [0.5, 0.6) is 0 Å². The second kappa shape index (κ2) is 7.61. The summed E-state index contributed by atoms with van der Waals surface area (Å²) in [7, 11) is -3.80. The molecule has 0 spiro atoms. The first kappa shape index (κ1) is 22.0. The SMILES string of the molecule is N#Cc1nn(-c2c(Cl)cc(C(F)(F)F)cc2Cl)c(NC=O)c1S(=O)C(F)(F)F. The van der Waals surface area contributed by atoms with Gasteiger partial charge in [-0.05, 0) is 12.1 Å². The molecule has 0 saturated heterocycles. The fourth-order valence-electron chi connectivity index (χ4n) is 2.04. The van der Waals surface area contributed by atoms with Crippen LogP contribution in [0.1, 0.15) is 11.3 Å². The first-order valence-corrected chi connectivity index (χ1v) is 8.52. The number of amides is 1. The lowest BCUT2D eigenvalue weighted by molar-refractivity contribution is -0.137. The number of nitriles is 1. The van der Waals surface area contributed by atoms with Crippen molar-refractivity contribution in [1.29, 1.82) is 5.26 Å². The van der Waals surface area contributed by atoms with Gasteiger partial charge in [0, 0.05) is 0 Å². The van der Waals surface area contributed by atoms with Gasteiger partial charge in [-0.25, -0.2) is 8.89 Å². The number of aromatic nitrogens is 2. The molecular weight excluding hydrogens is 461 g/mol. The van der Waals surface area contributed by atoms with Crippen molar-refractivity contribution >= 4 is 46.2 Å². The van der Waals surface area contributed by atoms with E-state index in [0.717, 1.165) is 0 Å². The second-order valence-corrected chi connectivity index (χ2v) is 7.04. The minimum atomic E-state index is -5.33. The molecule has 1 amide bonds. The van der Waals surface area contributed by atoms with Crippen LogP contribution in [-0.4, -0.2) is 25.9 Å². The maximum absolute atomic E-state index is 12.9. The van der Waals surface area contributed by atoms with Crippen LogP contribution in [-0.2, 0) is 21.8 Å². The number of carbonyl (C=O) groups is 1. The van der Waals surface area contributed by atoms with Crippen LogP contribution in [0.4, 0.5) is 32.2 Å². The Bertz CT molecular complexity index is 989. The Kier molecular flexibility index (Phi) is 5.98. The summed E-state index contributed by atoms with van der Waals surface area (Å²) in [4.78, 5) is 9.59. The van der Waals surface area contributed by atoms with Gasteiger partial charge in [-0.15, -0.1) is 0 Å². The van der Waals surface area contributed by atoms with Crippen LogP contribution in [0.15, 0.2) is 17.0 Å². The summed E-state index contributed by atoms with van der Waals surface area (Å²) in [6.45, 7) is 0. The van der Waals surface area contributed by atoms with Crippen molar-refractivity contribution in [2.45, 2.75) is 16.6 Å². The second-order valence-electron chi connectivity index (χ2n) is 4.81. The zero-order chi connectivity index (χ0) is 21.4. The number of rotatable bonds is 4. The highest BCUT2D eigenvalue weighted by atomic mass is 35.5. The number of alkyl halides is 6. The normalized spacial score (nSPS) is 13.1. The molecule has 0 aliphatic rings. The predicted octanol–water partition coefficient (Wildman–Crippen LogP) is 4.27. The number of hydrogen-bond donors (Lipinski definition) is 1. The van der Waals surface area contributed by atoms with Gasteiger partial charge >= 0.3 is 11.7 Å². The monoisotopic (exact) mass is 464 g/mol. The topological polar surface area (TPSA) is 87.8 Å². The highest BCUT2D eigenvalue weighted by molar-refractivity contribution is 7.86. The van der Waals surface area contributed by atoms with Crippen LogP contribution in [0.3, 0.4) is 0 Å². The smallest absolute Gasteiger partial charge is 0.312 e. The maximum Gasteiger partial charge on any atom is 0.476 e. The molecule has 0 bridgehead atoms. The quantitative estimate of drug-likeness (QED) is 0.540. The van der Waals surface area contributed by atoms with E-state index in [0.29, 0.717) is 16.8 Å². The standard InChI is InChI=1S/C13H4Cl2F6N4O2S/c14-6-1-5(12(16,17)18)2-7(15)9(6)25-11(23-4-26)10(8(3-22)24-25)28(27)13(19,20)21/h1-2,4H,(H,23,26). The Balaban J connectivity index is 2.85. The highest BCUT2D eigenvalue weighted by Gasteiger charge is 2.43. The third-order valence-electron chi connectivity index (χ3n) is 3.10. The van der Waals surface area contributed by atoms with Crippen molar-refractivity contribution in [3.8, 4) is 11.8 Å². The Morgan fingerprint density at radius 1 is 1.18 bits per heavy atom. The van der Waals surface area contributed by atoms with E-state index in [1.54, 1.807) is 5.32 Å². The van der Waals surface area contributed by atoms with Gasteiger partial charge in [0.1, 0.15) is 16.7 Å². The summed E-state index contributed by atoms with van der Waals surface area (Å²) in [6.07, 6.45) is -4.95. The third kappa shape index (κ3) is 4.08. The molecule has 0 radical (unpaired) electrons. The van der Waals surface area contributed by atoms with Gasteiger partial charge in [0.2, 0.25) is 6.41 Å². The molecule has 1 unspecified atom stereocenters. The summed E-state index contributed by atoms with van der Waals surface area (Å²) >= 11 is 11.6. The van der Waals surface area contributed by atoms with E-state index in [1.807, 2.05) is 0 Å². The largest absolute Gasteiger partial charge is 0.476 e. The van der Waals surface area contributed by atoms with Gasteiger partial charge < -0.3 is 5.32 Å². The van der Waals surface area contributed by atoms with Crippen LogP contribution >= 0.6 is 23.2 Å². The minimum absolute atomic E-state index is 0.113. The first-order valence-electron chi connectivity index (χ1n) is 6.61. The van der Waals surface area contributed by atoms with Crippen molar-refractivity contribution in [3.63, 3.8) is 0 Å². The molecule has 1 aromatic heterocycles. The molecule has 6 nitrogen and oxygen atoms in total. The van der Waals surface area contributed by atoms with Crippen LogP contribution in [0, 0.1) is 11.3 Å². The lowest BCUT2D eigenvalue weighted by Crippen LogP contribution is -2.18. The molecule has 150 valence electrons. The van der Waals surface area contributed by atoms with E-state index >= 15 is 0 Å². The highest BCUT2D eigenvalue weighted by Crippen LogP contribution is 2.40. The van der Waals surface area contributed by atoms with Gasteiger partial charge in [-0.2, -0.15) is 36.7 Å². The Morgan fingerprint density at radius 3 is 2.11 bits per heavy atom. The van der Waals surface area contributed by atoms with E-state index in [-0.39, 0.29) is 6.41 Å². The Hall–Kier alpha value is -2.30. The molecule has 15 heteroatoms. The molecule has 2 rings (SSSR count).